The highest BCUT2D eigenvalue weighted by Gasteiger charge is 2.20. The molecular weight excluding hydrogens is 394 g/mol. The number of nitrogens with zero attached hydrogens (tertiary/aromatic N) is 3. The van der Waals surface area contributed by atoms with Gasteiger partial charge in [-0.05, 0) is 43.7 Å². The number of hydrogen-bond donors (Lipinski definition) is 1. The average molecular weight is 418 g/mol. The smallest absolute Gasteiger partial charge is 0.231 e. The summed E-state index contributed by atoms with van der Waals surface area (Å²) in [5.74, 6) is 2.16. The highest BCUT2D eigenvalue weighted by Crippen LogP contribution is 2.37. The summed E-state index contributed by atoms with van der Waals surface area (Å²) in [5, 5.41) is 15.8. The van der Waals surface area contributed by atoms with E-state index in [2.05, 4.69) is 10.00 Å². The van der Waals surface area contributed by atoms with Gasteiger partial charge < -0.3 is 19.0 Å². The minimum atomic E-state index is -0.601. The van der Waals surface area contributed by atoms with E-state index in [4.69, 9.17) is 25.5 Å². The van der Waals surface area contributed by atoms with Gasteiger partial charge in [0.05, 0.1) is 31.2 Å². The van der Waals surface area contributed by atoms with Crippen molar-refractivity contribution in [3.05, 3.63) is 64.3 Å². The van der Waals surface area contributed by atoms with Crippen LogP contribution in [0.4, 0.5) is 0 Å². The van der Waals surface area contributed by atoms with Crippen LogP contribution in [0.25, 0.3) is 0 Å². The minimum absolute atomic E-state index is 0.201. The molecule has 3 aromatic rings. The molecule has 0 saturated carbocycles. The number of aryl methyl sites for hydroxylation is 2. The lowest BCUT2D eigenvalue weighted by molar-refractivity contribution is 0.0839. The molecule has 1 N–H and O–H groups in total. The van der Waals surface area contributed by atoms with Crippen molar-refractivity contribution in [1.82, 2.24) is 14.7 Å². The van der Waals surface area contributed by atoms with E-state index in [-0.39, 0.29) is 6.79 Å². The molecule has 29 heavy (non-hydrogen) atoms. The zero-order valence-electron chi connectivity index (χ0n) is 16.5. The lowest BCUT2D eigenvalue weighted by atomic mass is 10.1. The molecule has 1 unspecified atom stereocenters. The molecule has 0 spiro atoms. The first-order valence-electron chi connectivity index (χ1n) is 9.50. The fraction of sp³-hybridized carbons (Fsp3) is 0.381. The second kappa shape index (κ2) is 8.49. The number of aliphatic hydroxyl groups is 1. The molecule has 4 rings (SSSR count). The topological polar surface area (TPSA) is 72.9 Å². The maximum absolute atomic E-state index is 10.7. The Bertz CT molecular complexity index is 971. The third kappa shape index (κ3) is 4.75. The molecule has 0 fully saturated rings. The van der Waals surface area contributed by atoms with Crippen LogP contribution in [0.1, 0.15) is 22.7 Å². The Balaban J connectivity index is 1.49. The molecule has 8 heteroatoms. The van der Waals surface area contributed by atoms with E-state index in [9.17, 15) is 5.11 Å². The van der Waals surface area contributed by atoms with Gasteiger partial charge in [0, 0.05) is 29.9 Å². The van der Waals surface area contributed by atoms with Crippen molar-refractivity contribution in [2.75, 3.05) is 13.3 Å². The number of aromatic nitrogens is 2. The largest absolute Gasteiger partial charge is 0.468 e. The lowest BCUT2D eigenvalue weighted by Gasteiger charge is -2.25. The van der Waals surface area contributed by atoms with E-state index < -0.39 is 6.10 Å². The number of rotatable bonds is 8. The zero-order valence-corrected chi connectivity index (χ0v) is 17.2. The van der Waals surface area contributed by atoms with Crippen molar-refractivity contribution in [1.29, 1.82) is 0 Å². The molecule has 2 aromatic heterocycles. The summed E-state index contributed by atoms with van der Waals surface area (Å²) in [6.07, 6.45) is 1.05. The Morgan fingerprint density at radius 3 is 2.69 bits per heavy atom. The number of furan rings is 1. The Morgan fingerprint density at radius 2 is 2.00 bits per heavy atom. The summed E-state index contributed by atoms with van der Waals surface area (Å²) in [6, 6.07) is 9.44. The van der Waals surface area contributed by atoms with Crippen molar-refractivity contribution in [3.8, 4) is 11.5 Å². The molecule has 0 radical (unpaired) electrons. The normalized spacial score (nSPS) is 14.0. The highest BCUT2D eigenvalue weighted by molar-refractivity contribution is 6.31. The molecule has 7 nitrogen and oxygen atoms in total. The van der Waals surface area contributed by atoms with Crippen molar-refractivity contribution >= 4 is 11.6 Å². The van der Waals surface area contributed by atoms with Crippen molar-refractivity contribution < 1.29 is 19.0 Å². The van der Waals surface area contributed by atoms with Gasteiger partial charge in [-0.3, -0.25) is 9.58 Å². The number of hydrogen-bond acceptors (Lipinski definition) is 6. The van der Waals surface area contributed by atoms with Crippen LogP contribution in [0.15, 0.2) is 41.0 Å². The second-order valence-corrected chi connectivity index (χ2v) is 7.72. The van der Waals surface area contributed by atoms with Crippen LogP contribution in [0, 0.1) is 13.8 Å². The van der Waals surface area contributed by atoms with Gasteiger partial charge in [0.15, 0.2) is 11.5 Å². The molecule has 1 atom stereocenters. The van der Waals surface area contributed by atoms with Crippen LogP contribution in [-0.4, -0.2) is 39.2 Å². The van der Waals surface area contributed by atoms with Gasteiger partial charge in [-0.25, -0.2) is 0 Å². The van der Waals surface area contributed by atoms with E-state index in [0.29, 0.717) is 42.7 Å². The van der Waals surface area contributed by atoms with E-state index in [1.165, 1.54) is 0 Å². The maximum atomic E-state index is 10.7. The summed E-state index contributed by atoms with van der Waals surface area (Å²) < 4.78 is 18.2. The second-order valence-electron chi connectivity index (χ2n) is 7.31. The quantitative estimate of drug-likeness (QED) is 0.604. The van der Waals surface area contributed by atoms with E-state index in [0.717, 1.165) is 22.7 Å². The average Bonchev–Trinajstić information content (AvgIpc) is 3.38. The first-order valence-corrected chi connectivity index (χ1v) is 9.87. The molecule has 0 amide bonds. The molecule has 0 aliphatic carbocycles. The predicted molar refractivity (Wildman–Crippen MR) is 108 cm³/mol. The standard InChI is InChI=1S/C21H24ClN3O4/c1-14-6-15(2)25(23-14)11-17(26)10-24(12-18-4-3-5-27-18)9-16-7-20-21(8-19(16)22)29-13-28-20/h3-8,17,26H,9-13H2,1-2H3. The van der Waals surface area contributed by atoms with Crippen LogP contribution in [0.2, 0.25) is 5.02 Å². The Hall–Kier alpha value is -2.48. The van der Waals surface area contributed by atoms with E-state index in [1.54, 1.807) is 12.3 Å². The number of ether oxygens (including phenoxy) is 2. The number of fused-ring (bicyclic) bond motifs is 1. The molecule has 1 aliphatic heterocycles. The lowest BCUT2D eigenvalue weighted by Crippen LogP contribution is -2.34. The van der Waals surface area contributed by atoms with Crippen molar-refractivity contribution in [2.24, 2.45) is 0 Å². The fourth-order valence-electron chi connectivity index (χ4n) is 3.54. The minimum Gasteiger partial charge on any atom is -0.468 e. The van der Waals surface area contributed by atoms with Gasteiger partial charge in [-0.15, -0.1) is 0 Å². The van der Waals surface area contributed by atoms with E-state index in [1.807, 2.05) is 42.8 Å². The summed E-state index contributed by atoms with van der Waals surface area (Å²) in [7, 11) is 0. The molecule has 0 saturated heterocycles. The maximum Gasteiger partial charge on any atom is 0.231 e. The Labute approximate surface area is 174 Å². The number of benzene rings is 1. The van der Waals surface area contributed by atoms with Crippen LogP contribution in [-0.2, 0) is 19.6 Å². The van der Waals surface area contributed by atoms with E-state index >= 15 is 0 Å². The molecule has 1 aromatic carbocycles. The molecule has 0 bridgehead atoms. The van der Waals surface area contributed by atoms with Crippen LogP contribution in [0.3, 0.4) is 0 Å². The SMILES string of the molecule is Cc1cc(C)n(CC(O)CN(Cc2ccco2)Cc2cc3c(cc2Cl)OCO3)n1. The van der Waals surface area contributed by atoms with Gasteiger partial charge in [0.1, 0.15) is 5.76 Å². The number of aliphatic hydroxyl groups excluding tert-OH is 1. The zero-order chi connectivity index (χ0) is 20.4. The van der Waals surface area contributed by atoms with Crippen LogP contribution in [0.5, 0.6) is 11.5 Å². The van der Waals surface area contributed by atoms with Gasteiger partial charge in [0.2, 0.25) is 6.79 Å². The first kappa shape index (κ1) is 19.8. The van der Waals surface area contributed by atoms with Gasteiger partial charge >= 0.3 is 0 Å². The molecular formula is C21H24ClN3O4. The molecule has 154 valence electrons. The Morgan fingerprint density at radius 1 is 1.21 bits per heavy atom. The van der Waals surface area contributed by atoms with Gasteiger partial charge in [-0.1, -0.05) is 11.6 Å². The van der Waals surface area contributed by atoms with Crippen molar-refractivity contribution in [2.45, 2.75) is 39.6 Å². The van der Waals surface area contributed by atoms with Crippen LogP contribution < -0.4 is 9.47 Å². The fourth-order valence-corrected chi connectivity index (χ4v) is 3.76. The third-order valence-corrected chi connectivity index (χ3v) is 5.20. The van der Waals surface area contributed by atoms with Crippen molar-refractivity contribution in [3.63, 3.8) is 0 Å². The first-order chi connectivity index (χ1) is 14.0. The van der Waals surface area contributed by atoms with Gasteiger partial charge in [0.25, 0.3) is 0 Å². The summed E-state index contributed by atoms with van der Waals surface area (Å²) in [4.78, 5) is 2.10. The summed E-state index contributed by atoms with van der Waals surface area (Å²) >= 11 is 6.46. The Kier molecular flexibility index (Phi) is 5.80. The monoisotopic (exact) mass is 417 g/mol. The number of halogens is 1. The molecule has 3 heterocycles. The van der Waals surface area contributed by atoms with Crippen LogP contribution >= 0.6 is 11.6 Å². The van der Waals surface area contributed by atoms with Gasteiger partial charge in [-0.2, -0.15) is 5.10 Å². The third-order valence-electron chi connectivity index (χ3n) is 4.85. The summed E-state index contributed by atoms with van der Waals surface area (Å²) in [6.45, 7) is 6.07. The predicted octanol–water partition coefficient (Wildman–Crippen LogP) is 3.54. The summed E-state index contributed by atoms with van der Waals surface area (Å²) in [5.41, 5.74) is 2.87. The molecule has 1 aliphatic rings. The highest BCUT2D eigenvalue weighted by atomic mass is 35.5.